The van der Waals surface area contributed by atoms with E-state index in [0.29, 0.717) is 5.25 Å². The average molecular weight is 258 g/mol. The number of hydrogen-bond donors (Lipinski definition) is 1. The zero-order valence-corrected chi connectivity index (χ0v) is 11.2. The van der Waals surface area contributed by atoms with E-state index in [4.69, 9.17) is 5.73 Å². The average Bonchev–Trinajstić information content (AvgIpc) is 2.47. The molecular formula is C15H18N2S. The van der Waals surface area contributed by atoms with Gasteiger partial charge >= 0.3 is 0 Å². The highest BCUT2D eigenvalue weighted by atomic mass is 32.2. The largest absolute Gasteiger partial charge is 0.323 e. The minimum atomic E-state index is 0.105. The van der Waals surface area contributed by atoms with E-state index in [9.17, 15) is 0 Å². The van der Waals surface area contributed by atoms with Crippen LogP contribution >= 0.6 is 11.8 Å². The number of benzene rings is 1. The van der Waals surface area contributed by atoms with Crippen molar-refractivity contribution >= 4 is 22.7 Å². The molecule has 3 rings (SSSR count). The summed E-state index contributed by atoms with van der Waals surface area (Å²) < 4.78 is 0. The molecule has 2 heterocycles. The van der Waals surface area contributed by atoms with Crippen molar-refractivity contribution in [2.24, 2.45) is 5.73 Å². The Kier molecular flexibility index (Phi) is 3.52. The van der Waals surface area contributed by atoms with Crippen molar-refractivity contribution in [1.82, 2.24) is 4.98 Å². The van der Waals surface area contributed by atoms with Gasteiger partial charge in [-0.3, -0.25) is 4.98 Å². The first-order valence-electron chi connectivity index (χ1n) is 6.57. The van der Waals surface area contributed by atoms with E-state index >= 15 is 0 Å². The predicted molar refractivity (Wildman–Crippen MR) is 78.8 cm³/mol. The van der Waals surface area contributed by atoms with Crippen LogP contribution in [0.3, 0.4) is 0 Å². The van der Waals surface area contributed by atoms with Gasteiger partial charge in [0.25, 0.3) is 0 Å². The van der Waals surface area contributed by atoms with Crippen molar-refractivity contribution in [3.05, 3.63) is 42.1 Å². The van der Waals surface area contributed by atoms with Crippen molar-refractivity contribution in [2.45, 2.75) is 30.6 Å². The van der Waals surface area contributed by atoms with Gasteiger partial charge in [0.2, 0.25) is 0 Å². The highest BCUT2D eigenvalue weighted by molar-refractivity contribution is 8.00. The molecule has 1 aromatic heterocycles. The molecule has 0 radical (unpaired) electrons. The Hall–Kier alpha value is -1.06. The Morgan fingerprint density at radius 2 is 2.11 bits per heavy atom. The minimum Gasteiger partial charge on any atom is -0.323 e. The van der Waals surface area contributed by atoms with Gasteiger partial charge in [-0.2, -0.15) is 11.8 Å². The molecule has 0 spiro atoms. The summed E-state index contributed by atoms with van der Waals surface area (Å²) in [7, 11) is 0. The van der Waals surface area contributed by atoms with Gasteiger partial charge in [-0.15, -0.1) is 0 Å². The number of pyridine rings is 1. The van der Waals surface area contributed by atoms with Gasteiger partial charge in [-0.25, -0.2) is 0 Å². The van der Waals surface area contributed by atoms with Crippen LogP contribution < -0.4 is 5.73 Å². The monoisotopic (exact) mass is 258 g/mol. The summed E-state index contributed by atoms with van der Waals surface area (Å²) in [6.07, 6.45) is 5.73. The maximum atomic E-state index is 6.47. The molecule has 0 saturated carbocycles. The van der Waals surface area contributed by atoms with E-state index in [1.54, 1.807) is 0 Å². The van der Waals surface area contributed by atoms with Crippen LogP contribution in [-0.4, -0.2) is 16.0 Å². The van der Waals surface area contributed by atoms with Gasteiger partial charge in [0.15, 0.2) is 0 Å². The Morgan fingerprint density at radius 3 is 2.94 bits per heavy atom. The Labute approximate surface area is 112 Å². The SMILES string of the molecule is NC(c1cccc2cccnc12)C1CCCCS1. The molecule has 1 saturated heterocycles. The molecule has 2 aromatic rings. The number of aromatic nitrogens is 1. The lowest BCUT2D eigenvalue weighted by molar-refractivity contribution is 0.584. The van der Waals surface area contributed by atoms with E-state index in [-0.39, 0.29) is 6.04 Å². The van der Waals surface area contributed by atoms with Crippen LogP contribution in [0, 0.1) is 0 Å². The Balaban J connectivity index is 1.97. The van der Waals surface area contributed by atoms with E-state index in [0.717, 1.165) is 5.52 Å². The standard InChI is InChI=1S/C15H18N2S/c16-14(13-8-1-2-10-18-13)12-7-3-5-11-6-4-9-17-15(11)12/h3-7,9,13-14H,1-2,8,10,16H2. The number of nitrogens with two attached hydrogens (primary N) is 1. The molecule has 2 unspecified atom stereocenters. The second-order valence-corrected chi connectivity index (χ2v) is 6.20. The molecule has 0 bridgehead atoms. The number of para-hydroxylation sites is 1. The van der Waals surface area contributed by atoms with Crippen LogP contribution in [0.2, 0.25) is 0 Å². The molecule has 94 valence electrons. The number of rotatable bonds is 2. The van der Waals surface area contributed by atoms with E-state index in [2.05, 4.69) is 29.2 Å². The summed E-state index contributed by atoms with van der Waals surface area (Å²) in [6.45, 7) is 0. The zero-order chi connectivity index (χ0) is 12.4. The van der Waals surface area contributed by atoms with Crippen molar-refractivity contribution in [3.63, 3.8) is 0 Å². The van der Waals surface area contributed by atoms with Gasteiger partial charge in [0.1, 0.15) is 0 Å². The fraction of sp³-hybridized carbons (Fsp3) is 0.400. The summed E-state index contributed by atoms with van der Waals surface area (Å²) in [6, 6.07) is 10.5. The van der Waals surface area contributed by atoms with Crippen molar-refractivity contribution < 1.29 is 0 Å². The third kappa shape index (κ3) is 2.25. The number of thioether (sulfide) groups is 1. The van der Waals surface area contributed by atoms with Crippen LogP contribution in [0.5, 0.6) is 0 Å². The normalized spacial score (nSPS) is 21.9. The lowest BCUT2D eigenvalue weighted by Crippen LogP contribution is -2.26. The van der Waals surface area contributed by atoms with Crippen LogP contribution in [0.4, 0.5) is 0 Å². The Bertz CT molecular complexity index is 530. The van der Waals surface area contributed by atoms with Crippen LogP contribution in [-0.2, 0) is 0 Å². The lowest BCUT2D eigenvalue weighted by Gasteiger charge is -2.27. The first kappa shape index (κ1) is 12.0. The predicted octanol–water partition coefficient (Wildman–Crippen LogP) is 3.52. The fourth-order valence-corrected chi connectivity index (χ4v) is 4.01. The lowest BCUT2D eigenvalue weighted by atomic mass is 9.98. The molecule has 1 aliphatic rings. The number of nitrogens with zero attached hydrogens (tertiary/aromatic N) is 1. The maximum absolute atomic E-state index is 6.47. The molecular weight excluding hydrogens is 240 g/mol. The summed E-state index contributed by atoms with van der Waals surface area (Å²) in [4.78, 5) is 4.51. The van der Waals surface area contributed by atoms with Crippen molar-refractivity contribution in [3.8, 4) is 0 Å². The highest BCUT2D eigenvalue weighted by Crippen LogP contribution is 2.35. The first-order chi connectivity index (χ1) is 8.86. The fourth-order valence-electron chi connectivity index (χ4n) is 2.65. The molecule has 1 aromatic carbocycles. The Morgan fingerprint density at radius 1 is 1.22 bits per heavy atom. The second-order valence-electron chi connectivity index (χ2n) is 4.85. The van der Waals surface area contributed by atoms with Crippen molar-refractivity contribution in [1.29, 1.82) is 0 Å². The highest BCUT2D eigenvalue weighted by Gasteiger charge is 2.23. The third-order valence-electron chi connectivity index (χ3n) is 3.64. The van der Waals surface area contributed by atoms with Gasteiger partial charge in [0, 0.05) is 22.9 Å². The smallest absolute Gasteiger partial charge is 0.0750 e. The van der Waals surface area contributed by atoms with Crippen LogP contribution in [0.15, 0.2) is 36.5 Å². The van der Waals surface area contributed by atoms with E-state index < -0.39 is 0 Å². The first-order valence-corrected chi connectivity index (χ1v) is 7.62. The summed E-state index contributed by atoms with van der Waals surface area (Å²) >= 11 is 2.02. The topological polar surface area (TPSA) is 38.9 Å². The molecule has 0 aliphatic carbocycles. The molecule has 2 nitrogen and oxygen atoms in total. The molecule has 1 aliphatic heterocycles. The molecule has 18 heavy (non-hydrogen) atoms. The molecule has 1 fully saturated rings. The van der Waals surface area contributed by atoms with Crippen molar-refractivity contribution in [2.75, 3.05) is 5.75 Å². The number of fused-ring (bicyclic) bond motifs is 1. The van der Waals surface area contributed by atoms with Crippen LogP contribution in [0.25, 0.3) is 10.9 Å². The van der Waals surface area contributed by atoms with Crippen LogP contribution in [0.1, 0.15) is 30.9 Å². The maximum Gasteiger partial charge on any atom is 0.0750 e. The summed E-state index contributed by atoms with van der Waals surface area (Å²) in [5.74, 6) is 1.25. The van der Waals surface area contributed by atoms with Gasteiger partial charge in [-0.05, 0) is 30.2 Å². The van der Waals surface area contributed by atoms with Gasteiger partial charge in [0.05, 0.1) is 5.52 Å². The van der Waals surface area contributed by atoms with E-state index in [1.165, 1.54) is 36.0 Å². The van der Waals surface area contributed by atoms with Gasteiger partial charge < -0.3 is 5.73 Å². The summed E-state index contributed by atoms with van der Waals surface area (Å²) in [5.41, 5.74) is 8.74. The van der Waals surface area contributed by atoms with E-state index in [1.807, 2.05) is 24.0 Å². The second kappa shape index (κ2) is 5.29. The quantitative estimate of drug-likeness (QED) is 0.895. The zero-order valence-electron chi connectivity index (χ0n) is 10.4. The van der Waals surface area contributed by atoms with Gasteiger partial charge in [-0.1, -0.05) is 30.7 Å². The molecule has 2 N–H and O–H groups in total. The molecule has 3 heteroatoms. The number of hydrogen-bond acceptors (Lipinski definition) is 3. The minimum absolute atomic E-state index is 0.105. The summed E-state index contributed by atoms with van der Waals surface area (Å²) in [5, 5.41) is 1.73. The molecule has 2 atom stereocenters. The third-order valence-corrected chi connectivity index (χ3v) is 5.12. The molecule has 0 amide bonds.